The molecular weight excluding hydrogens is 320 g/mol. The van der Waals surface area contributed by atoms with Gasteiger partial charge in [0.05, 0.1) is 5.69 Å². The van der Waals surface area contributed by atoms with Gasteiger partial charge in [0, 0.05) is 23.1 Å². The predicted octanol–water partition coefficient (Wildman–Crippen LogP) is 4.85. The van der Waals surface area contributed by atoms with Gasteiger partial charge in [-0.1, -0.05) is 36.4 Å². The zero-order valence-electron chi connectivity index (χ0n) is 13.7. The van der Waals surface area contributed by atoms with Crippen LogP contribution in [0.1, 0.15) is 21.9 Å². The molecule has 5 heteroatoms. The minimum atomic E-state index is -0.200. The molecule has 0 saturated heterocycles. The van der Waals surface area contributed by atoms with Gasteiger partial charge >= 0.3 is 0 Å². The Labute approximate surface area is 145 Å². The Morgan fingerprint density at radius 2 is 2.08 bits per heavy atom. The summed E-state index contributed by atoms with van der Waals surface area (Å²) >= 11 is 1.43. The Morgan fingerprint density at radius 3 is 2.71 bits per heavy atom. The first-order valence-electron chi connectivity index (χ1n) is 7.61. The second-order valence-electron chi connectivity index (χ2n) is 5.45. The minimum Gasteiger partial charge on any atom is -0.456 e. The van der Waals surface area contributed by atoms with Gasteiger partial charge < -0.3 is 4.42 Å². The molecule has 3 rings (SSSR count). The van der Waals surface area contributed by atoms with Crippen molar-refractivity contribution in [3.8, 4) is 11.3 Å². The van der Waals surface area contributed by atoms with Crippen molar-refractivity contribution in [2.24, 2.45) is 0 Å². The van der Waals surface area contributed by atoms with Crippen molar-refractivity contribution in [2.75, 3.05) is 11.4 Å². The summed E-state index contributed by atoms with van der Waals surface area (Å²) in [5.41, 5.74) is 2.70. The third kappa shape index (κ3) is 3.16. The van der Waals surface area contributed by atoms with E-state index >= 15 is 0 Å². The highest BCUT2D eigenvalue weighted by Gasteiger charge is 2.24. The van der Waals surface area contributed by atoms with Gasteiger partial charge in [-0.25, -0.2) is 4.98 Å². The van der Waals surface area contributed by atoms with E-state index in [2.05, 4.69) is 11.6 Å². The fourth-order valence-corrected chi connectivity index (χ4v) is 3.32. The van der Waals surface area contributed by atoms with Gasteiger partial charge in [-0.2, -0.15) is 0 Å². The van der Waals surface area contributed by atoms with Crippen LogP contribution < -0.4 is 4.90 Å². The number of rotatable bonds is 5. The lowest BCUT2D eigenvalue weighted by molar-refractivity contribution is 0.0961. The van der Waals surface area contributed by atoms with Crippen LogP contribution in [0.4, 0.5) is 5.13 Å². The van der Waals surface area contributed by atoms with E-state index in [1.165, 1.54) is 11.3 Å². The topological polar surface area (TPSA) is 46.3 Å². The molecule has 4 nitrogen and oxygen atoms in total. The van der Waals surface area contributed by atoms with Crippen LogP contribution in [0.3, 0.4) is 0 Å². The molecule has 0 unspecified atom stereocenters. The summed E-state index contributed by atoms with van der Waals surface area (Å²) < 4.78 is 5.57. The molecule has 0 atom stereocenters. The van der Waals surface area contributed by atoms with Gasteiger partial charge in [-0.3, -0.25) is 9.69 Å². The molecule has 0 spiro atoms. The summed E-state index contributed by atoms with van der Waals surface area (Å²) in [7, 11) is 0. The minimum absolute atomic E-state index is 0.200. The summed E-state index contributed by atoms with van der Waals surface area (Å²) in [5, 5.41) is 2.58. The standard InChI is InChI=1S/C19H18N2O2S/c1-4-10-21(18(22)17-13(2)11-14(3)23-17)19-20-16(12-24-19)15-8-6-5-7-9-15/h4-9,11-12H,1,10H2,2-3H3. The largest absolute Gasteiger partial charge is 0.456 e. The maximum atomic E-state index is 12.9. The molecule has 122 valence electrons. The van der Waals surface area contributed by atoms with Gasteiger partial charge in [0.25, 0.3) is 5.91 Å². The van der Waals surface area contributed by atoms with Crippen LogP contribution >= 0.6 is 11.3 Å². The van der Waals surface area contributed by atoms with Crippen molar-refractivity contribution in [1.29, 1.82) is 0 Å². The third-order valence-electron chi connectivity index (χ3n) is 3.58. The lowest BCUT2D eigenvalue weighted by Gasteiger charge is -2.17. The molecule has 24 heavy (non-hydrogen) atoms. The number of aryl methyl sites for hydroxylation is 2. The molecule has 0 N–H and O–H groups in total. The number of thiazole rings is 1. The summed E-state index contributed by atoms with van der Waals surface area (Å²) in [6, 6.07) is 11.8. The number of benzene rings is 1. The normalized spacial score (nSPS) is 10.6. The van der Waals surface area contributed by atoms with Crippen LogP contribution in [0.15, 0.2) is 58.9 Å². The number of nitrogens with zero attached hydrogens (tertiary/aromatic N) is 2. The number of carbonyl (C=O) groups is 1. The monoisotopic (exact) mass is 338 g/mol. The number of furan rings is 1. The zero-order valence-corrected chi connectivity index (χ0v) is 14.5. The molecule has 0 saturated carbocycles. The van der Waals surface area contributed by atoms with Gasteiger partial charge in [0.15, 0.2) is 10.9 Å². The number of hydrogen-bond acceptors (Lipinski definition) is 4. The van der Waals surface area contributed by atoms with E-state index in [4.69, 9.17) is 4.42 Å². The van der Waals surface area contributed by atoms with Crippen LogP contribution in [0.5, 0.6) is 0 Å². The second-order valence-corrected chi connectivity index (χ2v) is 6.29. The number of aromatic nitrogens is 1. The molecule has 1 aromatic carbocycles. The SMILES string of the molecule is C=CCN(C(=O)c1oc(C)cc1C)c1nc(-c2ccccc2)cs1. The van der Waals surface area contributed by atoms with Gasteiger partial charge in [-0.15, -0.1) is 17.9 Å². The summed E-state index contributed by atoms with van der Waals surface area (Å²) in [6.07, 6.45) is 1.69. The third-order valence-corrected chi connectivity index (χ3v) is 4.45. The van der Waals surface area contributed by atoms with Crippen LogP contribution in [0.2, 0.25) is 0 Å². The van der Waals surface area contributed by atoms with Gasteiger partial charge in [-0.05, 0) is 19.9 Å². The van der Waals surface area contributed by atoms with E-state index in [0.29, 0.717) is 17.4 Å². The van der Waals surface area contributed by atoms with Crippen LogP contribution in [0.25, 0.3) is 11.3 Å². The highest BCUT2D eigenvalue weighted by atomic mass is 32.1. The van der Waals surface area contributed by atoms with Crippen LogP contribution in [0, 0.1) is 13.8 Å². The lowest BCUT2D eigenvalue weighted by Crippen LogP contribution is -2.31. The molecule has 0 fully saturated rings. The Hall–Kier alpha value is -2.66. The fourth-order valence-electron chi connectivity index (χ4n) is 2.48. The maximum absolute atomic E-state index is 12.9. The molecule has 0 radical (unpaired) electrons. The van der Waals surface area contributed by atoms with Crippen molar-refractivity contribution in [3.63, 3.8) is 0 Å². The second kappa shape index (κ2) is 6.84. The van der Waals surface area contributed by atoms with Crippen LogP contribution in [-0.4, -0.2) is 17.4 Å². The van der Waals surface area contributed by atoms with Gasteiger partial charge in [0.1, 0.15) is 5.76 Å². The Bertz CT molecular complexity index is 865. The summed E-state index contributed by atoms with van der Waals surface area (Å²) in [4.78, 5) is 19.1. The smallest absolute Gasteiger partial charge is 0.296 e. The summed E-state index contributed by atoms with van der Waals surface area (Å²) in [6.45, 7) is 7.82. The summed E-state index contributed by atoms with van der Waals surface area (Å²) in [5.74, 6) is 0.874. The molecule has 0 aliphatic rings. The average molecular weight is 338 g/mol. The highest BCUT2D eigenvalue weighted by Crippen LogP contribution is 2.29. The number of anilines is 1. The van der Waals surface area contributed by atoms with Crippen molar-refractivity contribution < 1.29 is 9.21 Å². The first kappa shape index (κ1) is 16.2. The fraction of sp³-hybridized carbons (Fsp3) is 0.158. The van der Waals surface area contributed by atoms with E-state index in [1.54, 1.807) is 11.0 Å². The van der Waals surface area contributed by atoms with Crippen LogP contribution in [-0.2, 0) is 0 Å². The molecule has 1 amide bonds. The van der Waals surface area contributed by atoms with E-state index in [9.17, 15) is 4.79 Å². The molecule has 2 heterocycles. The number of hydrogen-bond donors (Lipinski definition) is 0. The molecule has 2 aromatic heterocycles. The molecule has 3 aromatic rings. The predicted molar refractivity (Wildman–Crippen MR) is 97.6 cm³/mol. The number of carbonyl (C=O) groups excluding carboxylic acids is 1. The van der Waals surface area contributed by atoms with Crippen molar-refractivity contribution in [1.82, 2.24) is 4.98 Å². The lowest BCUT2D eigenvalue weighted by atomic mass is 10.2. The number of amides is 1. The molecule has 0 aliphatic heterocycles. The van der Waals surface area contributed by atoms with Crippen molar-refractivity contribution in [2.45, 2.75) is 13.8 Å². The van der Waals surface area contributed by atoms with E-state index in [1.807, 2.05) is 55.6 Å². The van der Waals surface area contributed by atoms with E-state index < -0.39 is 0 Å². The van der Waals surface area contributed by atoms with E-state index in [-0.39, 0.29) is 5.91 Å². The quantitative estimate of drug-likeness (QED) is 0.625. The molecular formula is C19H18N2O2S. The Balaban J connectivity index is 1.94. The zero-order chi connectivity index (χ0) is 17.1. The van der Waals surface area contributed by atoms with Crippen molar-refractivity contribution >= 4 is 22.4 Å². The Morgan fingerprint density at radius 1 is 1.33 bits per heavy atom. The Kier molecular flexibility index (Phi) is 4.62. The van der Waals surface area contributed by atoms with Crippen molar-refractivity contribution in [3.05, 3.63) is 71.5 Å². The molecule has 0 aliphatic carbocycles. The average Bonchev–Trinajstić information content (AvgIpc) is 3.19. The van der Waals surface area contributed by atoms with Gasteiger partial charge in [0.2, 0.25) is 0 Å². The van der Waals surface area contributed by atoms with E-state index in [0.717, 1.165) is 22.6 Å². The maximum Gasteiger partial charge on any atom is 0.296 e. The first-order valence-corrected chi connectivity index (χ1v) is 8.49. The highest BCUT2D eigenvalue weighted by molar-refractivity contribution is 7.14. The first-order chi connectivity index (χ1) is 11.6. The molecule has 0 bridgehead atoms.